The van der Waals surface area contributed by atoms with E-state index in [-0.39, 0.29) is 11.4 Å². The average molecular weight is 579 g/mol. The molecule has 0 atom stereocenters. The van der Waals surface area contributed by atoms with Crippen molar-refractivity contribution in [1.29, 1.82) is 0 Å². The Hall–Kier alpha value is -5.68. The van der Waals surface area contributed by atoms with E-state index < -0.39 is 11.6 Å². The SMILES string of the molecule is Fc1ccc(N(c2cccc(-c3c(F)cccc3F)c2)c2ccc3c(-c4ccccc4)cc(-c4ccccc4)cc3n2)cc1. The average Bonchev–Trinajstić information content (AvgIpc) is 3.06. The van der Waals surface area contributed by atoms with E-state index in [1.165, 1.54) is 30.3 Å². The van der Waals surface area contributed by atoms with Gasteiger partial charge in [0.05, 0.1) is 11.1 Å². The summed E-state index contributed by atoms with van der Waals surface area (Å²) in [6, 6.07) is 45.4. The summed E-state index contributed by atoms with van der Waals surface area (Å²) in [5, 5.41) is 0.973. The third-order valence-corrected chi connectivity index (χ3v) is 7.65. The predicted molar refractivity (Wildman–Crippen MR) is 173 cm³/mol. The summed E-state index contributed by atoms with van der Waals surface area (Å²) >= 11 is 0. The molecule has 0 saturated heterocycles. The minimum absolute atomic E-state index is 0.111. The number of fused-ring (bicyclic) bond motifs is 1. The van der Waals surface area contributed by atoms with Crippen LogP contribution in [0.5, 0.6) is 0 Å². The Balaban J connectivity index is 1.44. The second-order valence-electron chi connectivity index (χ2n) is 10.5. The van der Waals surface area contributed by atoms with Crippen molar-refractivity contribution >= 4 is 28.1 Å². The van der Waals surface area contributed by atoms with E-state index in [0.717, 1.165) is 33.2 Å². The second-order valence-corrected chi connectivity index (χ2v) is 10.5. The molecule has 5 heteroatoms. The van der Waals surface area contributed by atoms with Crippen molar-refractivity contribution in [3.8, 4) is 33.4 Å². The van der Waals surface area contributed by atoms with E-state index in [9.17, 15) is 13.2 Å². The van der Waals surface area contributed by atoms with Gasteiger partial charge in [-0.15, -0.1) is 0 Å². The molecule has 1 heterocycles. The van der Waals surface area contributed by atoms with Gasteiger partial charge in [0.1, 0.15) is 23.3 Å². The predicted octanol–water partition coefficient (Wildman–Crippen LogP) is 11.1. The fraction of sp³-hybridized carbons (Fsp3) is 0. The molecule has 7 rings (SSSR count). The summed E-state index contributed by atoms with van der Waals surface area (Å²) in [7, 11) is 0. The molecule has 7 aromatic rings. The van der Waals surface area contributed by atoms with Crippen molar-refractivity contribution in [2.45, 2.75) is 0 Å². The normalized spacial score (nSPS) is 11.1. The summed E-state index contributed by atoms with van der Waals surface area (Å²) in [4.78, 5) is 7.00. The van der Waals surface area contributed by atoms with Crippen molar-refractivity contribution in [2.24, 2.45) is 0 Å². The number of nitrogens with zero attached hydrogens (tertiary/aromatic N) is 2. The standard InChI is InChI=1S/C39H25F3N2/c40-30-17-19-31(20-18-30)44(32-14-7-13-28(23-32)39-35(41)15-8-16-36(39)42)38-22-21-33-34(27-11-5-2-6-12-27)24-29(25-37(33)43-38)26-9-3-1-4-10-26/h1-25H. The fourth-order valence-corrected chi connectivity index (χ4v) is 5.58. The lowest BCUT2D eigenvalue weighted by atomic mass is 9.95. The van der Waals surface area contributed by atoms with Gasteiger partial charge in [-0.2, -0.15) is 0 Å². The van der Waals surface area contributed by atoms with Gasteiger partial charge in [0.15, 0.2) is 0 Å². The summed E-state index contributed by atoms with van der Waals surface area (Å²) in [5.41, 5.74) is 6.50. The van der Waals surface area contributed by atoms with E-state index >= 15 is 0 Å². The molecule has 0 aliphatic heterocycles. The highest BCUT2D eigenvalue weighted by molar-refractivity contribution is 5.99. The molecule has 0 radical (unpaired) electrons. The quantitative estimate of drug-likeness (QED) is 0.195. The maximum Gasteiger partial charge on any atom is 0.138 e. The molecular weight excluding hydrogens is 553 g/mol. The maximum atomic E-state index is 14.8. The van der Waals surface area contributed by atoms with E-state index in [4.69, 9.17) is 4.98 Å². The zero-order chi connectivity index (χ0) is 30.0. The van der Waals surface area contributed by atoms with Crippen LogP contribution in [-0.4, -0.2) is 4.98 Å². The van der Waals surface area contributed by atoms with E-state index in [2.05, 4.69) is 36.4 Å². The van der Waals surface area contributed by atoms with Gasteiger partial charge in [0, 0.05) is 16.8 Å². The zero-order valence-corrected chi connectivity index (χ0v) is 23.5. The van der Waals surface area contributed by atoms with Gasteiger partial charge >= 0.3 is 0 Å². The Labute approximate surface area is 253 Å². The molecule has 1 aromatic heterocycles. The van der Waals surface area contributed by atoms with Gasteiger partial charge in [0.25, 0.3) is 0 Å². The van der Waals surface area contributed by atoms with Crippen LogP contribution in [0.1, 0.15) is 0 Å². The van der Waals surface area contributed by atoms with E-state index in [1.807, 2.05) is 59.5 Å². The van der Waals surface area contributed by atoms with Crippen molar-refractivity contribution < 1.29 is 13.2 Å². The molecule has 0 aliphatic carbocycles. The summed E-state index contributed by atoms with van der Waals surface area (Å²) in [6.45, 7) is 0. The smallest absolute Gasteiger partial charge is 0.138 e. The number of benzene rings is 6. The summed E-state index contributed by atoms with van der Waals surface area (Å²) < 4.78 is 43.6. The lowest BCUT2D eigenvalue weighted by molar-refractivity contribution is 0.589. The molecule has 0 fully saturated rings. The monoisotopic (exact) mass is 578 g/mol. The topological polar surface area (TPSA) is 16.1 Å². The van der Waals surface area contributed by atoms with Gasteiger partial charge in [0.2, 0.25) is 0 Å². The van der Waals surface area contributed by atoms with Crippen LogP contribution in [0.25, 0.3) is 44.3 Å². The van der Waals surface area contributed by atoms with Crippen LogP contribution >= 0.6 is 0 Å². The molecule has 0 amide bonds. The van der Waals surface area contributed by atoms with E-state index in [0.29, 0.717) is 22.8 Å². The molecule has 0 unspecified atom stereocenters. The van der Waals surface area contributed by atoms with Crippen LogP contribution < -0.4 is 4.90 Å². The highest BCUT2D eigenvalue weighted by atomic mass is 19.1. The zero-order valence-electron chi connectivity index (χ0n) is 23.5. The Bertz CT molecular complexity index is 2070. The first kappa shape index (κ1) is 27.2. The maximum absolute atomic E-state index is 14.8. The van der Waals surface area contributed by atoms with Crippen LogP contribution in [0.2, 0.25) is 0 Å². The number of hydrogen-bond donors (Lipinski definition) is 0. The second kappa shape index (κ2) is 11.5. The number of anilines is 3. The number of rotatable bonds is 6. The third kappa shape index (κ3) is 5.20. The lowest BCUT2D eigenvalue weighted by Gasteiger charge is -2.25. The van der Waals surface area contributed by atoms with Gasteiger partial charge < -0.3 is 0 Å². The van der Waals surface area contributed by atoms with Crippen LogP contribution in [0.3, 0.4) is 0 Å². The minimum Gasteiger partial charge on any atom is -0.295 e. The number of aromatic nitrogens is 1. The molecule has 0 saturated carbocycles. The molecule has 0 bridgehead atoms. The molecule has 2 nitrogen and oxygen atoms in total. The van der Waals surface area contributed by atoms with Crippen LogP contribution in [0.15, 0.2) is 152 Å². The Morgan fingerprint density at radius 2 is 1.09 bits per heavy atom. The Morgan fingerprint density at radius 3 is 1.80 bits per heavy atom. The first-order valence-corrected chi connectivity index (χ1v) is 14.2. The Morgan fingerprint density at radius 1 is 0.455 bits per heavy atom. The molecule has 212 valence electrons. The molecule has 0 aliphatic rings. The molecule has 0 spiro atoms. The first-order valence-electron chi connectivity index (χ1n) is 14.2. The fourth-order valence-electron chi connectivity index (χ4n) is 5.58. The molecule has 44 heavy (non-hydrogen) atoms. The largest absolute Gasteiger partial charge is 0.295 e. The van der Waals surface area contributed by atoms with Crippen molar-refractivity contribution in [3.63, 3.8) is 0 Å². The van der Waals surface area contributed by atoms with Crippen LogP contribution in [0.4, 0.5) is 30.4 Å². The van der Waals surface area contributed by atoms with Gasteiger partial charge in [-0.1, -0.05) is 78.9 Å². The summed E-state index contributed by atoms with van der Waals surface area (Å²) in [5.74, 6) is -1.11. The molecule has 0 N–H and O–H groups in total. The minimum atomic E-state index is -0.652. The van der Waals surface area contributed by atoms with Gasteiger partial charge in [-0.05, 0) is 101 Å². The summed E-state index contributed by atoms with van der Waals surface area (Å²) in [6.07, 6.45) is 0. The Kier molecular flexibility index (Phi) is 7.13. The molecular formula is C39H25F3N2. The third-order valence-electron chi connectivity index (χ3n) is 7.65. The van der Waals surface area contributed by atoms with Crippen molar-refractivity contribution in [1.82, 2.24) is 4.98 Å². The van der Waals surface area contributed by atoms with Crippen LogP contribution in [-0.2, 0) is 0 Å². The van der Waals surface area contributed by atoms with E-state index in [1.54, 1.807) is 30.3 Å². The number of pyridine rings is 1. The van der Waals surface area contributed by atoms with Crippen molar-refractivity contribution in [2.75, 3.05) is 4.90 Å². The highest BCUT2D eigenvalue weighted by Gasteiger charge is 2.19. The van der Waals surface area contributed by atoms with Crippen LogP contribution in [0, 0.1) is 17.5 Å². The lowest BCUT2D eigenvalue weighted by Crippen LogP contribution is -2.12. The van der Waals surface area contributed by atoms with Crippen molar-refractivity contribution in [3.05, 3.63) is 169 Å². The number of hydrogen-bond acceptors (Lipinski definition) is 2. The van der Waals surface area contributed by atoms with Gasteiger partial charge in [-0.25, -0.2) is 18.2 Å². The number of halogens is 3. The highest BCUT2D eigenvalue weighted by Crippen LogP contribution is 2.39. The molecule has 6 aromatic carbocycles. The van der Waals surface area contributed by atoms with Gasteiger partial charge in [-0.3, -0.25) is 4.90 Å². The first-order chi connectivity index (χ1) is 21.5.